The number of hydrogen-bond acceptors (Lipinski definition) is 36. The van der Waals surface area contributed by atoms with E-state index in [1.807, 2.05) is 42.4 Å². The summed E-state index contributed by atoms with van der Waals surface area (Å²) in [5.41, 5.74) is 7.76. The molecule has 0 spiro atoms. The molecule has 36 nitrogen and oxygen atoms in total. The van der Waals surface area contributed by atoms with Crippen molar-refractivity contribution in [1.29, 1.82) is 0 Å². The first-order valence-corrected chi connectivity index (χ1v) is 49.4. The lowest BCUT2D eigenvalue weighted by atomic mass is 9.81. The maximum Gasteiger partial charge on any atom is 0.187 e. The lowest BCUT2D eigenvalue weighted by Crippen LogP contribution is -2.70. The number of ether oxygens (including phenoxy) is 16. The molecule has 53 unspecified atom stereocenters. The summed E-state index contributed by atoms with van der Waals surface area (Å²) < 4.78 is 104. The first-order valence-electron chi connectivity index (χ1n) is 48.0. The quantitative estimate of drug-likeness (QED) is 0.0176. The second kappa shape index (κ2) is 48.4. The van der Waals surface area contributed by atoms with E-state index in [9.17, 15) is 97.0 Å². The van der Waals surface area contributed by atoms with E-state index in [0.29, 0.717) is 64.2 Å². The van der Waals surface area contributed by atoms with Crippen LogP contribution >= 0.6 is 34.8 Å². The van der Waals surface area contributed by atoms with Crippen molar-refractivity contribution >= 4 is 34.8 Å². The lowest BCUT2D eigenvalue weighted by molar-refractivity contribution is -0.329. The number of unbranched alkanes of at least 4 members (excludes halogenated alkanes) is 1. The number of halogens is 3. The Balaban J connectivity index is 0.481. The molecule has 15 aliphatic heterocycles. The van der Waals surface area contributed by atoms with Crippen molar-refractivity contribution in [2.45, 2.75) is 471 Å². The van der Waals surface area contributed by atoms with E-state index in [2.05, 4.69) is 54.6 Å². The van der Waals surface area contributed by atoms with Gasteiger partial charge < -0.3 is 179 Å². The zero-order valence-electron chi connectivity index (χ0n) is 75.2. The molecule has 0 bridgehead atoms. The second-order valence-corrected chi connectivity index (χ2v) is 40.5. The minimum atomic E-state index is -2.35. The molecule has 0 aromatic heterocycles. The predicted octanol–water partition coefficient (Wildman–Crippen LogP) is -1.90. The van der Waals surface area contributed by atoms with Crippen LogP contribution in [0.4, 0.5) is 0 Å². The Morgan fingerprint density at radius 3 is 1.50 bits per heavy atom. The Morgan fingerprint density at radius 2 is 0.859 bits per heavy atom. The predicted molar refractivity (Wildman–Crippen MR) is 476 cm³/mol. The maximum atomic E-state index is 12.0. The highest BCUT2D eigenvalue weighted by Crippen LogP contribution is 2.49. The fraction of sp³-hybridized carbons (Fsp3) is 0.812. The van der Waals surface area contributed by atoms with Crippen LogP contribution in [0.5, 0.6) is 0 Å². The molecule has 0 saturated carbocycles. The van der Waals surface area contributed by atoms with E-state index in [0.717, 1.165) is 25.7 Å². The first-order chi connectivity index (χ1) is 64.9. The Morgan fingerprint density at radius 1 is 0.407 bits per heavy atom. The largest absolute Gasteiger partial charge is 0.394 e. The molecular weight excluding hydrogens is 1830 g/mol. The molecular formula is C96H136Cl3NO35. The number of nitrogens with two attached hydrogens (primary N) is 1. The van der Waals surface area contributed by atoms with Crippen LogP contribution < -0.4 is 5.73 Å². The van der Waals surface area contributed by atoms with Gasteiger partial charge in [-0.25, -0.2) is 0 Å². The number of fused-ring (bicyclic) bond motifs is 8. The molecule has 135 heavy (non-hydrogen) atoms. The molecule has 15 saturated heterocycles. The summed E-state index contributed by atoms with van der Waals surface area (Å²) in [6.45, 7) is 1.30. The zero-order valence-corrected chi connectivity index (χ0v) is 77.4. The van der Waals surface area contributed by atoms with E-state index in [4.69, 9.17) is 123 Å². The molecule has 21 N–H and O–H groups in total. The smallest absolute Gasteiger partial charge is 0.187 e. The van der Waals surface area contributed by atoms with Gasteiger partial charge >= 0.3 is 0 Å². The average Bonchev–Trinajstić information content (AvgIpc) is 1.51. The number of allylic oxidation sites excluding steroid dienone is 6. The van der Waals surface area contributed by atoms with E-state index in [1.54, 1.807) is 6.08 Å². The molecule has 39 heteroatoms. The molecule has 0 amide bonds. The van der Waals surface area contributed by atoms with Crippen molar-refractivity contribution in [3.63, 3.8) is 0 Å². The summed E-state index contributed by atoms with van der Waals surface area (Å²) in [6.07, 6.45) is -26.7. The highest BCUT2D eigenvalue weighted by molar-refractivity contribution is 6.25. The van der Waals surface area contributed by atoms with Gasteiger partial charge in [-0.1, -0.05) is 90.7 Å². The normalized spacial score (nSPS) is 46.6. The van der Waals surface area contributed by atoms with Gasteiger partial charge in [-0.3, -0.25) is 0 Å². The van der Waals surface area contributed by atoms with Crippen molar-refractivity contribution in [2.75, 3.05) is 6.61 Å². The zero-order chi connectivity index (χ0) is 95.9. The second-order valence-electron chi connectivity index (χ2n) is 39.1. The lowest BCUT2D eigenvalue weighted by Gasteiger charge is -2.54. The van der Waals surface area contributed by atoms with E-state index in [1.165, 1.54) is 5.54 Å². The van der Waals surface area contributed by atoms with Gasteiger partial charge in [0.2, 0.25) is 0 Å². The van der Waals surface area contributed by atoms with Crippen LogP contribution in [0.1, 0.15) is 155 Å². The van der Waals surface area contributed by atoms with Crippen LogP contribution in [0.3, 0.4) is 0 Å². The Bertz CT molecular complexity index is 4180. The van der Waals surface area contributed by atoms with E-state index >= 15 is 0 Å². The fourth-order valence-electron chi connectivity index (χ4n) is 22.6. The number of aliphatic hydroxyl groups is 19. The van der Waals surface area contributed by atoms with Crippen LogP contribution in [0.15, 0.2) is 60.2 Å². The number of terminal acetylenes is 1. The summed E-state index contributed by atoms with van der Waals surface area (Å²) in [6, 6.07) is -0.0104. The van der Waals surface area contributed by atoms with E-state index in [-0.39, 0.29) is 136 Å². The van der Waals surface area contributed by atoms with Crippen molar-refractivity contribution in [3.8, 4) is 47.9 Å². The van der Waals surface area contributed by atoms with Gasteiger partial charge in [0, 0.05) is 82.2 Å². The van der Waals surface area contributed by atoms with Crippen LogP contribution in [-0.4, -0.2) is 420 Å². The molecule has 0 aromatic rings. The number of aliphatic hydroxyl groups excluding tert-OH is 19. The molecule has 15 fully saturated rings. The minimum absolute atomic E-state index is 0.0104. The number of rotatable bonds is 28. The summed E-state index contributed by atoms with van der Waals surface area (Å²) in [4.78, 5) is 0. The molecule has 53 atom stereocenters. The highest BCUT2D eigenvalue weighted by atomic mass is 35.5. The third-order valence-corrected chi connectivity index (χ3v) is 30.7. The van der Waals surface area contributed by atoms with Gasteiger partial charge in [0.1, 0.15) is 122 Å². The monoisotopic (exact) mass is 1970 g/mol. The third-order valence-electron chi connectivity index (χ3n) is 29.8. The van der Waals surface area contributed by atoms with Crippen molar-refractivity contribution < 1.29 is 173 Å². The van der Waals surface area contributed by atoms with Gasteiger partial charge in [-0.2, -0.15) is 0 Å². The van der Waals surface area contributed by atoms with Gasteiger partial charge in [-0.05, 0) is 107 Å². The standard InChI is InChI=1S/C96H136Cl3NO35/c1-3-4-15-23-47(98)75(109)79(113)80(114)76(110)49(102)35-50(103)88(135-96-85(119)78(112)74(43-101)132-96)51(104)38-70-77(111)81(115)82(116)94(131-70)95-84(118)83(117)93-62(130-95)31-30-61(129-93)90-54(107)39-72-87(133-90)48(99)34-71(126-72)91-55(108)40-73-92(134-91)53(106)36-64(125-73)57-26-27-58-63(121-57)33-44(2)86(127-58)59-28-29-60-89(128-59)52(105)37-65-67(123-60)42-68-69(124-65)41-66-56(122-68)25-24-46(120-66)22-18-14-17-21-45(100)20-16-12-10-8-6-5-7-9-11-13-19-32-97/h1,8,10,12,14,16-19,22,32,44-96,101-119H,7,9,20-21,23-31,33-43,100H2,2H3/b10-8+,16-12+,17-14+,22-18+,32-19+. The number of hydrogen-bond donors (Lipinski definition) is 20. The molecule has 15 rings (SSSR count). The fourth-order valence-corrected chi connectivity index (χ4v) is 23.3. The third kappa shape index (κ3) is 25.0. The molecule has 15 heterocycles. The minimum Gasteiger partial charge on any atom is -0.394 e. The SMILES string of the molecule is C#CC#CCC(Cl)C(O)C(O)C(O)C(O)C(O)CC(O)C(OC1OC(CO)C(O)C1O)C(O)CC1OC(C2OC3CCC(C4OC5C(Cl)CC(C6OC7C(O)CC(C8CCC9OC(C%10CCC%11OC%12CC%13OC%14CCC(/C=C/C=C/CC(N)C/C=C/C=C/C#CCCC#C/C=C/Cl)OC%14CC%13OC%12CC(O)C%11O%10)C(C)CC9O8)OC7CC6O)OC5CC4O)OC3C(O)C2O)C(O)C(O)C1O. The van der Waals surface area contributed by atoms with Crippen molar-refractivity contribution in [2.24, 2.45) is 11.7 Å². The van der Waals surface area contributed by atoms with Crippen LogP contribution in [0, 0.1) is 53.8 Å². The number of alkyl halides is 2. The van der Waals surface area contributed by atoms with Gasteiger partial charge in [0.05, 0.1) is 188 Å². The summed E-state index contributed by atoms with van der Waals surface area (Å²) in [7, 11) is 0. The van der Waals surface area contributed by atoms with Gasteiger partial charge in [-0.15, -0.1) is 29.6 Å². The van der Waals surface area contributed by atoms with Crippen LogP contribution in [0.25, 0.3) is 0 Å². The highest BCUT2D eigenvalue weighted by Gasteiger charge is 2.62. The molecule has 15 aliphatic rings. The van der Waals surface area contributed by atoms with Crippen molar-refractivity contribution in [1.82, 2.24) is 0 Å². The van der Waals surface area contributed by atoms with Crippen LogP contribution in [-0.2, 0) is 75.8 Å². The molecule has 0 aromatic carbocycles. The molecule has 756 valence electrons. The summed E-state index contributed by atoms with van der Waals surface area (Å²) >= 11 is 18.8. The van der Waals surface area contributed by atoms with E-state index < -0.39 is 250 Å². The molecule has 0 aliphatic carbocycles. The topological polar surface area (TPSA) is 558 Å². The summed E-state index contributed by atoms with van der Waals surface area (Å²) in [5.74, 6) is 18.6. The maximum absolute atomic E-state index is 12.0. The first kappa shape index (κ1) is 106. The Labute approximate surface area is 800 Å². The molecule has 0 radical (unpaired) electrons. The average molecular weight is 1970 g/mol. The Hall–Kier alpha value is -3.63. The van der Waals surface area contributed by atoms with Crippen molar-refractivity contribution in [3.05, 3.63) is 60.2 Å². The Kier molecular flexibility index (Phi) is 37.9. The van der Waals surface area contributed by atoms with Gasteiger partial charge in [0.25, 0.3) is 0 Å². The van der Waals surface area contributed by atoms with Gasteiger partial charge in [0.15, 0.2) is 6.29 Å². The summed E-state index contributed by atoms with van der Waals surface area (Å²) in [5, 5.41) is 212. The van der Waals surface area contributed by atoms with Crippen LogP contribution in [0.2, 0.25) is 0 Å².